The second kappa shape index (κ2) is 6.00. The van der Waals surface area contributed by atoms with E-state index in [0.29, 0.717) is 26.9 Å². The lowest BCUT2D eigenvalue weighted by molar-refractivity contribution is 0.219. The summed E-state index contributed by atoms with van der Waals surface area (Å²) in [7, 11) is 1.48. The molecule has 0 aromatic heterocycles. The molecule has 2 rings (SSSR count). The van der Waals surface area contributed by atoms with Gasteiger partial charge in [0.2, 0.25) is 0 Å². The van der Waals surface area contributed by atoms with Crippen molar-refractivity contribution >= 4 is 23.2 Å². The van der Waals surface area contributed by atoms with E-state index in [2.05, 4.69) is 0 Å². The van der Waals surface area contributed by atoms with Crippen LogP contribution in [0.2, 0.25) is 10.0 Å². The Bertz CT molecular complexity index is 644. The quantitative estimate of drug-likeness (QED) is 0.901. The van der Waals surface area contributed by atoms with Crippen LogP contribution in [-0.2, 0) is 0 Å². The maximum absolute atomic E-state index is 13.3. The Morgan fingerprint density at radius 3 is 2.45 bits per heavy atom. The molecule has 0 amide bonds. The number of aryl methyl sites for hydroxylation is 1. The lowest BCUT2D eigenvalue weighted by Gasteiger charge is -2.17. The molecule has 0 aliphatic heterocycles. The maximum Gasteiger partial charge on any atom is 0.138 e. The minimum absolute atomic E-state index is 0.308. The van der Waals surface area contributed by atoms with Gasteiger partial charge in [-0.3, -0.25) is 0 Å². The summed E-state index contributed by atoms with van der Waals surface area (Å²) in [5, 5.41) is 11.1. The van der Waals surface area contributed by atoms with Crippen molar-refractivity contribution in [2.45, 2.75) is 13.0 Å². The Balaban J connectivity index is 2.50. The maximum atomic E-state index is 13.3. The summed E-state index contributed by atoms with van der Waals surface area (Å²) in [6.45, 7) is 1.79. The molecule has 20 heavy (non-hydrogen) atoms. The summed E-state index contributed by atoms with van der Waals surface area (Å²) in [6.07, 6.45) is -1.05. The van der Waals surface area contributed by atoms with E-state index in [-0.39, 0.29) is 0 Å². The average molecular weight is 315 g/mol. The van der Waals surface area contributed by atoms with Crippen molar-refractivity contribution in [2.24, 2.45) is 0 Å². The number of hydrogen-bond acceptors (Lipinski definition) is 2. The van der Waals surface area contributed by atoms with Crippen LogP contribution in [0.25, 0.3) is 0 Å². The van der Waals surface area contributed by atoms with Crippen LogP contribution < -0.4 is 4.74 Å². The van der Waals surface area contributed by atoms with Gasteiger partial charge in [-0.1, -0.05) is 29.3 Å². The van der Waals surface area contributed by atoms with Gasteiger partial charge in [0, 0.05) is 11.6 Å². The number of hydrogen-bond donors (Lipinski definition) is 1. The van der Waals surface area contributed by atoms with Gasteiger partial charge in [-0.25, -0.2) is 4.39 Å². The van der Waals surface area contributed by atoms with Crippen molar-refractivity contribution < 1.29 is 14.2 Å². The third-order valence-electron chi connectivity index (χ3n) is 3.10. The van der Waals surface area contributed by atoms with E-state index < -0.39 is 11.9 Å². The summed E-state index contributed by atoms with van der Waals surface area (Å²) in [5.41, 5.74) is 1.63. The third-order valence-corrected chi connectivity index (χ3v) is 3.72. The normalized spacial score (nSPS) is 12.3. The lowest BCUT2D eigenvalue weighted by atomic mass is 9.97. The smallest absolute Gasteiger partial charge is 0.138 e. The van der Waals surface area contributed by atoms with E-state index in [4.69, 9.17) is 27.9 Å². The van der Waals surface area contributed by atoms with Crippen LogP contribution >= 0.6 is 23.2 Å². The largest absolute Gasteiger partial charge is 0.495 e. The third kappa shape index (κ3) is 2.90. The Labute approximate surface area is 126 Å². The number of rotatable bonds is 3. The molecular formula is C15H13Cl2FO2. The number of halogens is 3. The molecule has 5 heteroatoms. The van der Waals surface area contributed by atoms with Gasteiger partial charge in [-0.2, -0.15) is 0 Å². The van der Waals surface area contributed by atoms with E-state index >= 15 is 0 Å². The molecule has 2 nitrogen and oxygen atoms in total. The molecule has 0 heterocycles. The Morgan fingerprint density at radius 1 is 1.10 bits per heavy atom. The highest BCUT2D eigenvalue weighted by atomic mass is 35.5. The SMILES string of the molecule is COc1cc(Cl)c(C(O)c2cc(F)ccc2C)cc1Cl. The Hall–Kier alpha value is -1.29. The molecule has 0 aliphatic rings. The molecule has 1 unspecified atom stereocenters. The van der Waals surface area contributed by atoms with Gasteiger partial charge < -0.3 is 9.84 Å². The number of aliphatic hydroxyl groups is 1. The summed E-state index contributed by atoms with van der Waals surface area (Å²) in [6, 6.07) is 7.28. The fourth-order valence-electron chi connectivity index (χ4n) is 1.98. The van der Waals surface area contributed by atoms with E-state index in [1.54, 1.807) is 13.0 Å². The number of benzene rings is 2. The first-order valence-corrected chi connectivity index (χ1v) is 6.66. The molecule has 0 bridgehead atoms. The first kappa shape index (κ1) is 15.1. The summed E-state index contributed by atoms with van der Waals surface area (Å²) < 4.78 is 18.4. The Kier molecular flexibility index (Phi) is 4.53. The van der Waals surface area contributed by atoms with E-state index in [9.17, 15) is 9.50 Å². The van der Waals surface area contributed by atoms with Gasteiger partial charge in [0.1, 0.15) is 17.7 Å². The zero-order valence-electron chi connectivity index (χ0n) is 11.0. The van der Waals surface area contributed by atoms with E-state index in [1.165, 1.54) is 31.4 Å². The number of ether oxygens (including phenoxy) is 1. The topological polar surface area (TPSA) is 29.5 Å². The van der Waals surface area contributed by atoms with E-state index in [1.807, 2.05) is 0 Å². The minimum atomic E-state index is -1.05. The van der Waals surface area contributed by atoms with Crippen LogP contribution in [-0.4, -0.2) is 12.2 Å². The monoisotopic (exact) mass is 314 g/mol. The highest BCUT2D eigenvalue weighted by Gasteiger charge is 2.19. The van der Waals surface area contributed by atoms with Gasteiger partial charge in [-0.15, -0.1) is 0 Å². The van der Waals surface area contributed by atoms with Crippen molar-refractivity contribution in [3.63, 3.8) is 0 Å². The fraction of sp³-hybridized carbons (Fsp3) is 0.200. The first-order valence-electron chi connectivity index (χ1n) is 5.91. The van der Waals surface area contributed by atoms with Gasteiger partial charge in [0.25, 0.3) is 0 Å². The fourth-order valence-corrected chi connectivity index (χ4v) is 2.49. The minimum Gasteiger partial charge on any atom is -0.495 e. The lowest BCUT2D eigenvalue weighted by Crippen LogP contribution is -2.04. The van der Waals surface area contributed by atoms with Gasteiger partial charge >= 0.3 is 0 Å². The van der Waals surface area contributed by atoms with Crippen LogP contribution in [0.1, 0.15) is 22.8 Å². The van der Waals surface area contributed by atoms with Crippen molar-refractivity contribution in [1.82, 2.24) is 0 Å². The summed E-state index contributed by atoms with van der Waals surface area (Å²) in [4.78, 5) is 0. The molecule has 0 radical (unpaired) electrons. The molecule has 0 fully saturated rings. The highest BCUT2D eigenvalue weighted by molar-refractivity contribution is 6.34. The van der Waals surface area contributed by atoms with Gasteiger partial charge in [0.15, 0.2) is 0 Å². The summed E-state index contributed by atoms with van der Waals surface area (Å²) in [5.74, 6) is 0.00367. The average Bonchev–Trinajstić information content (AvgIpc) is 2.42. The standard InChI is InChI=1S/C15H13Cl2FO2/c1-8-3-4-9(18)5-10(8)15(19)11-6-13(17)14(20-2)7-12(11)16/h3-7,15,19H,1-2H3. The predicted octanol–water partition coefficient (Wildman–Crippen LogP) is 4.53. The van der Waals surface area contributed by atoms with Gasteiger partial charge in [0.05, 0.1) is 17.2 Å². The molecule has 1 atom stereocenters. The van der Waals surface area contributed by atoms with Crippen LogP contribution in [0, 0.1) is 12.7 Å². The second-order valence-electron chi connectivity index (χ2n) is 4.41. The van der Waals surface area contributed by atoms with Gasteiger partial charge in [-0.05, 0) is 36.2 Å². The van der Waals surface area contributed by atoms with E-state index in [0.717, 1.165) is 5.56 Å². The number of methoxy groups -OCH3 is 1. The molecule has 0 aliphatic carbocycles. The van der Waals surface area contributed by atoms with Crippen LogP contribution in [0.4, 0.5) is 4.39 Å². The first-order chi connectivity index (χ1) is 9.43. The van der Waals surface area contributed by atoms with Crippen LogP contribution in [0.5, 0.6) is 5.75 Å². The number of aliphatic hydroxyl groups excluding tert-OH is 1. The van der Waals surface area contributed by atoms with Crippen molar-refractivity contribution in [3.8, 4) is 5.75 Å². The molecule has 0 saturated heterocycles. The predicted molar refractivity (Wildman–Crippen MR) is 78.2 cm³/mol. The molecule has 0 spiro atoms. The van der Waals surface area contributed by atoms with Crippen molar-refractivity contribution in [1.29, 1.82) is 0 Å². The molecule has 2 aromatic carbocycles. The molecule has 2 aromatic rings. The zero-order chi connectivity index (χ0) is 14.9. The molecule has 106 valence electrons. The van der Waals surface area contributed by atoms with Crippen LogP contribution in [0.15, 0.2) is 30.3 Å². The molecule has 0 saturated carbocycles. The highest BCUT2D eigenvalue weighted by Crippen LogP contribution is 2.37. The second-order valence-corrected chi connectivity index (χ2v) is 5.23. The summed E-state index contributed by atoms with van der Waals surface area (Å²) >= 11 is 12.2. The van der Waals surface area contributed by atoms with Crippen molar-refractivity contribution in [3.05, 3.63) is 62.9 Å². The molecule has 1 N–H and O–H groups in total. The molecular weight excluding hydrogens is 302 g/mol. The van der Waals surface area contributed by atoms with Crippen molar-refractivity contribution in [2.75, 3.05) is 7.11 Å². The zero-order valence-corrected chi connectivity index (χ0v) is 12.5. The Morgan fingerprint density at radius 2 is 1.80 bits per heavy atom. The van der Waals surface area contributed by atoms with Crippen LogP contribution in [0.3, 0.4) is 0 Å².